The minimum atomic E-state index is -1.12. The van der Waals surface area contributed by atoms with Gasteiger partial charge in [0.15, 0.2) is 6.04 Å². The summed E-state index contributed by atoms with van der Waals surface area (Å²) in [6, 6.07) is -1.12. The van der Waals surface area contributed by atoms with Gasteiger partial charge in [0, 0.05) is 33.1 Å². The fraction of sp³-hybridized carbons (Fsp3) is 0.786. The Bertz CT molecular complexity index is 365. The van der Waals surface area contributed by atoms with Crippen LogP contribution < -0.4 is 5.73 Å². The van der Waals surface area contributed by atoms with Gasteiger partial charge in [-0.1, -0.05) is 0 Å². The Labute approximate surface area is 120 Å². The minimum Gasteiger partial charge on any atom is -0.344 e. The van der Waals surface area contributed by atoms with Crippen molar-refractivity contribution in [1.29, 1.82) is 0 Å². The number of nitrogens with zero attached hydrogens (tertiary/aromatic N) is 2. The quantitative estimate of drug-likeness (QED) is 0.704. The third-order valence-electron chi connectivity index (χ3n) is 3.60. The number of hydrogen-bond donors (Lipinski definition) is 1. The molecule has 0 aromatic rings. The zero-order valence-electron chi connectivity index (χ0n) is 12.4. The van der Waals surface area contributed by atoms with Crippen LogP contribution in [-0.2, 0) is 14.4 Å². The number of carbonyl (C=O) groups excluding carboxylic acids is 3. The van der Waals surface area contributed by atoms with E-state index in [1.165, 1.54) is 11.8 Å². The Balaban J connectivity index is 2.43. The molecule has 114 valence electrons. The molecule has 0 radical (unpaired) electrons. The molecule has 20 heavy (non-hydrogen) atoms. The van der Waals surface area contributed by atoms with Gasteiger partial charge in [-0.15, -0.1) is 0 Å². The Kier molecular flexibility index (Phi) is 6.64. The summed E-state index contributed by atoms with van der Waals surface area (Å²) >= 11 is 0. The van der Waals surface area contributed by atoms with Crippen molar-refractivity contribution < 1.29 is 14.4 Å². The van der Waals surface area contributed by atoms with Crippen molar-refractivity contribution in [3.63, 3.8) is 0 Å². The number of ketones is 1. The maximum absolute atomic E-state index is 12.1. The van der Waals surface area contributed by atoms with Crippen molar-refractivity contribution >= 4 is 17.6 Å². The maximum Gasteiger partial charge on any atom is 0.249 e. The highest BCUT2D eigenvalue weighted by Gasteiger charge is 2.29. The molecule has 1 rings (SSSR count). The summed E-state index contributed by atoms with van der Waals surface area (Å²) in [5.41, 5.74) is 5.77. The number of rotatable bonds is 6. The third kappa shape index (κ3) is 4.92. The highest BCUT2D eigenvalue weighted by molar-refractivity contribution is 6.04. The topological polar surface area (TPSA) is 83.7 Å². The highest BCUT2D eigenvalue weighted by atomic mass is 16.2. The second-order valence-electron chi connectivity index (χ2n) is 5.43. The summed E-state index contributed by atoms with van der Waals surface area (Å²) in [6.45, 7) is 3.34. The maximum atomic E-state index is 12.1. The molecular weight excluding hydrogens is 258 g/mol. The molecule has 6 heteroatoms. The lowest BCUT2D eigenvalue weighted by Gasteiger charge is -2.30. The molecule has 6 nitrogen and oxygen atoms in total. The van der Waals surface area contributed by atoms with Crippen LogP contribution in [0.3, 0.4) is 0 Å². The Morgan fingerprint density at radius 1 is 1.20 bits per heavy atom. The standard InChI is InChI=1S/C14H25N3O3/c1-11(18)7-6-8-16(2)13(19)12(15)14(20)17-9-4-3-5-10-17/h12H,3-10,15H2,1-2H3/t12-/m0/s1. The summed E-state index contributed by atoms with van der Waals surface area (Å²) < 4.78 is 0. The Morgan fingerprint density at radius 2 is 1.80 bits per heavy atom. The largest absolute Gasteiger partial charge is 0.344 e. The van der Waals surface area contributed by atoms with E-state index in [9.17, 15) is 14.4 Å². The van der Waals surface area contributed by atoms with E-state index in [1.54, 1.807) is 11.9 Å². The van der Waals surface area contributed by atoms with E-state index in [-0.39, 0.29) is 17.6 Å². The second kappa shape index (κ2) is 7.99. The molecular formula is C14H25N3O3. The third-order valence-corrected chi connectivity index (χ3v) is 3.60. The number of carbonyl (C=O) groups is 3. The van der Waals surface area contributed by atoms with E-state index in [2.05, 4.69) is 0 Å². The van der Waals surface area contributed by atoms with Crippen LogP contribution >= 0.6 is 0 Å². The number of amides is 2. The summed E-state index contributed by atoms with van der Waals surface area (Å²) in [6.07, 6.45) is 4.11. The van der Waals surface area contributed by atoms with E-state index >= 15 is 0 Å². The van der Waals surface area contributed by atoms with Crippen molar-refractivity contribution in [2.75, 3.05) is 26.7 Å². The Morgan fingerprint density at radius 3 is 2.35 bits per heavy atom. The first kappa shape index (κ1) is 16.6. The van der Waals surface area contributed by atoms with Crippen LogP contribution in [0.15, 0.2) is 0 Å². The van der Waals surface area contributed by atoms with E-state index in [0.717, 1.165) is 19.3 Å². The lowest BCUT2D eigenvalue weighted by atomic mass is 10.1. The van der Waals surface area contributed by atoms with Crippen LogP contribution in [0.1, 0.15) is 39.0 Å². The van der Waals surface area contributed by atoms with Crippen molar-refractivity contribution in [1.82, 2.24) is 9.80 Å². The van der Waals surface area contributed by atoms with Crippen molar-refractivity contribution in [2.24, 2.45) is 5.73 Å². The molecule has 0 spiro atoms. The first-order valence-corrected chi connectivity index (χ1v) is 7.22. The zero-order chi connectivity index (χ0) is 15.1. The van der Waals surface area contributed by atoms with Gasteiger partial charge in [0.25, 0.3) is 0 Å². The molecule has 1 atom stereocenters. The van der Waals surface area contributed by atoms with Gasteiger partial charge in [0.05, 0.1) is 0 Å². The lowest BCUT2D eigenvalue weighted by molar-refractivity contribution is -0.142. The fourth-order valence-electron chi connectivity index (χ4n) is 2.33. The smallest absolute Gasteiger partial charge is 0.249 e. The number of likely N-dealkylation sites (N-methyl/N-ethyl adjacent to an activating group) is 1. The molecule has 1 aliphatic heterocycles. The second-order valence-corrected chi connectivity index (χ2v) is 5.43. The summed E-state index contributed by atoms with van der Waals surface area (Å²) in [5.74, 6) is -0.559. The highest BCUT2D eigenvalue weighted by Crippen LogP contribution is 2.10. The molecule has 2 amide bonds. The number of Topliss-reactive ketones (excluding diaryl/α,β-unsaturated/α-hetero) is 1. The van der Waals surface area contributed by atoms with Crippen molar-refractivity contribution in [3.8, 4) is 0 Å². The molecule has 1 fully saturated rings. The summed E-state index contributed by atoms with van der Waals surface area (Å²) in [7, 11) is 1.62. The van der Waals surface area contributed by atoms with Crippen LogP contribution in [0.5, 0.6) is 0 Å². The zero-order valence-corrected chi connectivity index (χ0v) is 12.4. The number of piperidine rings is 1. The average molecular weight is 283 g/mol. The molecule has 2 N–H and O–H groups in total. The van der Waals surface area contributed by atoms with Gasteiger partial charge >= 0.3 is 0 Å². The number of hydrogen-bond acceptors (Lipinski definition) is 4. The SMILES string of the molecule is CC(=O)CCCN(C)C(=O)[C@H](N)C(=O)N1CCCCC1. The Hall–Kier alpha value is -1.43. The van der Waals surface area contributed by atoms with E-state index < -0.39 is 6.04 Å². The predicted molar refractivity (Wildman–Crippen MR) is 76.0 cm³/mol. The normalized spacial score (nSPS) is 16.6. The van der Waals surface area contributed by atoms with Gasteiger partial charge in [-0.3, -0.25) is 9.59 Å². The minimum absolute atomic E-state index is 0.0968. The first-order chi connectivity index (χ1) is 9.43. The molecule has 1 aliphatic rings. The molecule has 0 aliphatic carbocycles. The molecule has 0 aromatic heterocycles. The van der Waals surface area contributed by atoms with Crippen molar-refractivity contribution in [3.05, 3.63) is 0 Å². The van der Waals surface area contributed by atoms with Gasteiger partial charge < -0.3 is 20.3 Å². The molecule has 0 saturated carbocycles. The molecule has 1 saturated heterocycles. The van der Waals surface area contributed by atoms with Crippen LogP contribution in [0, 0.1) is 0 Å². The van der Waals surface area contributed by atoms with E-state index in [4.69, 9.17) is 5.73 Å². The van der Waals surface area contributed by atoms with Gasteiger partial charge in [-0.25, -0.2) is 0 Å². The lowest BCUT2D eigenvalue weighted by Crippen LogP contribution is -2.53. The molecule has 0 unspecified atom stereocenters. The monoisotopic (exact) mass is 283 g/mol. The van der Waals surface area contributed by atoms with Crippen LogP contribution in [-0.4, -0.2) is 60.1 Å². The van der Waals surface area contributed by atoms with Gasteiger partial charge in [-0.2, -0.15) is 0 Å². The van der Waals surface area contributed by atoms with Crippen LogP contribution in [0.4, 0.5) is 0 Å². The van der Waals surface area contributed by atoms with Gasteiger partial charge in [0.2, 0.25) is 11.8 Å². The predicted octanol–water partition coefficient (Wildman–Crippen LogP) is 0.154. The van der Waals surface area contributed by atoms with Crippen molar-refractivity contribution in [2.45, 2.75) is 45.1 Å². The van der Waals surface area contributed by atoms with Gasteiger partial charge in [0.1, 0.15) is 5.78 Å². The summed E-state index contributed by atoms with van der Waals surface area (Å²) in [4.78, 5) is 38.2. The van der Waals surface area contributed by atoms with E-state index in [1.807, 2.05) is 0 Å². The summed E-state index contributed by atoms with van der Waals surface area (Å²) in [5, 5.41) is 0. The fourth-order valence-corrected chi connectivity index (χ4v) is 2.33. The van der Waals surface area contributed by atoms with E-state index in [0.29, 0.717) is 32.5 Å². The van der Waals surface area contributed by atoms with Gasteiger partial charge in [-0.05, 0) is 32.6 Å². The molecule has 0 bridgehead atoms. The molecule has 1 heterocycles. The van der Waals surface area contributed by atoms with Crippen LogP contribution in [0.2, 0.25) is 0 Å². The first-order valence-electron chi connectivity index (χ1n) is 7.22. The number of likely N-dealkylation sites (tertiary alicyclic amines) is 1. The average Bonchev–Trinajstić information content (AvgIpc) is 2.45. The van der Waals surface area contributed by atoms with Crippen LogP contribution in [0.25, 0.3) is 0 Å². The molecule has 0 aromatic carbocycles. The number of nitrogens with two attached hydrogens (primary N) is 1.